The van der Waals surface area contributed by atoms with Gasteiger partial charge in [-0.1, -0.05) is 66.8 Å². The Labute approximate surface area is 146 Å². The van der Waals surface area contributed by atoms with Crippen molar-refractivity contribution in [1.29, 1.82) is 0 Å². The lowest BCUT2D eigenvalue weighted by Crippen LogP contribution is -2.06. The van der Waals surface area contributed by atoms with Gasteiger partial charge in [-0.2, -0.15) is 0 Å². The third kappa shape index (κ3) is 4.01. The standard InChI is InChI=1S/C22H18O3/c1-25-22(24)20-13-11-19(12-14-20)21(23)18-9-7-17(8-10-18)15-16-5-3-2-4-6-16/h2-7,9-15H,8H2,1H3. The van der Waals surface area contributed by atoms with E-state index < -0.39 is 5.97 Å². The van der Waals surface area contributed by atoms with Crippen LogP contribution in [0.15, 0.2) is 84.0 Å². The minimum absolute atomic E-state index is 0.0496. The van der Waals surface area contributed by atoms with E-state index in [9.17, 15) is 9.59 Å². The topological polar surface area (TPSA) is 43.4 Å². The molecule has 124 valence electrons. The van der Waals surface area contributed by atoms with Crippen molar-refractivity contribution in [3.05, 3.63) is 101 Å². The largest absolute Gasteiger partial charge is 0.465 e. The minimum Gasteiger partial charge on any atom is -0.465 e. The summed E-state index contributed by atoms with van der Waals surface area (Å²) in [5.74, 6) is -0.460. The van der Waals surface area contributed by atoms with Crippen LogP contribution in [0.2, 0.25) is 0 Å². The van der Waals surface area contributed by atoms with Gasteiger partial charge in [-0.25, -0.2) is 4.79 Å². The van der Waals surface area contributed by atoms with Crippen molar-refractivity contribution < 1.29 is 14.3 Å². The summed E-state index contributed by atoms with van der Waals surface area (Å²) in [7, 11) is 1.33. The number of benzene rings is 2. The molecule has 0 radical (unpaired) electrons. The fourth-order valence-corrected chi connectivity index (χ4v) is 2.64. The van der Waals surface area contributed by atoms with Crippen LogP contribution in [0.25, 0.3) is 6.08 Å². The first kappa shape index (κ1) is 16.7. The van der Waals surface area contributed by atoms with Gasteiger partial charge in [-0.3, -0.25) is 4.79 Å². The number of hydrogen-bond donors (Lipinski definition) is 0. The van der Waals surface area contributed by atoms with Crippen molar-refractivity contribution in [2.24, 2.45) is 0 Å². The molecule has 1 aliphatic carbocycles. The Hall–Kier alpha value is -3.20. The molecule has 2 aromatic rings. The molecule has 0 saturated heterocycles. The number of carbonyl (C=O) groups excluding carboxylic acids is 2. The summed E-state index contributed by atoms with van der Waals surface area (Å²) in [6.07, 6.45) is 8.58. The number of carbonyl (C=O) groups is 2. The third-order valence-corrected chi connectivity index (χ3v) is 4.02. The molecule has 0 heterocycles. The molecule has 25 heavy (non-hydrogen) atoms. The molecule has 0 atom stereocenters. The molecule has 0 fully saturated rings. The van der Waals surface area contributed by atoms with Gasteiger partial charge in [-0.05, 0) is 29.7 Å². The first-order chi connectivity index (χ1) is 12.2. The SMILES string of the molecule is COC(=O)c1ccc(C(=O)C2=CCC(=Cc3ccccc3)C=C2)cc1. The van der Waals surface area contributed by atoms with Crippen LogP contribution in [0.5, 0.6) is 0 Å². The highest BCUT2D eigenvalue weighted by Gasteiger charge is 2.13. The van der Waals surface area contributed by atoms with Gasteiger partial charge in [0.25, 0.3) is 0 Å². The molecule has 2 aromatic carbocycles. The summed E-state index contributed by atoms with van der Waals surface area (Å²) in [5, 5.41) is 0. The molecule has 0 aliphatic heterocycles. The van der Waals surface area contributed by atoms with E-state index >= 15 is 0 Å². The summed E-state index contributed by atoms with van der Waals surface area (Å²) >= 11 is 0. The monoisotopic (exact) mass is 330 g/mol. The summed E-state index contributed by atoms with van der Waals surface area (Å²) in [4.78, 5) is 24.0. The van der Waals surface area contributed by atoms with Crippen LogP contribution in [-0.2, 0) is 4.74 Å². The molecule has 0 aromatic heterocycles. The lowest BCUT2D eigenvalue weighted by atomic mass is 9.94. The average Bonchev–Trinajstić information content (AvgIpc) is 2.68. The van der Waals surface area contributed by atoms with E-state index in [0.29, 0.717) is 23.1 Å². The number of methoxy groups -OCH3 is 1. The second-order valence-corrected chi connectivity index (χ2v) is 5.72. The summed E-state index contributed by atoms with van der Waals surface area (Å²) in [6, 6.07) is 16.6. The Morgan fingerprint density at radius 2 is 1.60 bits per heavy atom. The smallest absolute Gasteiger partial charge is 0.337 e. The fourth-order valence-electron chi connectivity index (χ4n) is 2.64. The first-order valence-electron chi connectivity index (χ1n) is 8.04. The molecule has 3 rings (SSSR count). The summed E-state index contributed by atoms with van der Waals surface area (Å²) in [5.41, 5.74) is 3.95. The Bertz CT molecular complexity index is 869. The number of esters is 1. The molecule has 1 aliphatic rings. The van der Waals surface area contributed by atoms with Gasteiger partial charge >= 0.3 is 5.97 Å². The Morgan fingerprint density at radius 3 is 2.20 bits per heavy atom. The number of ether oxygens (including phenoxy) is 1. The van der Waals surface area contributed by atoms with E-state index in [0.717, 1.165) is 11.1 Å². The molecule has 0 amide bonds. The highest BCUT2D eigenvalue weighted by atomic mass is 16.5. The van der Waals surface area contributed by atoms with Crippen molar-refractivity contribution >= 4 is 17.8 Å². The van der Waals surface area contributed by atoms with Crippen molar-refractivity contribution in [3.63, 3.8) is 0 Å². The number of hydrogen-bond acceptors (Lipinski definition) is 3. The van der Waals surface area contributed by atoms with Gasteiger partial charge in [0, 0.05) is 11.1 Å². The maximum Gasteiger partial charge on any atom is 0.337 e. The predicted molar refractivity (Wildman–Crippen MR) is 98.4 cm³/mol. The lowest BCUT2D eigenvalue weighted by molar-refractivity contribution is 0.0600. The lowest BCUT2D eigenvalue weighted by Gasteiger charge is -2.09. The molecule has 0 spiro atoms. The van der Waals surface area contributed by atoms with Gasteiger partial charge in [0.05, 0.1) is 12.7 Å². The molecule has 0 N–H and O–H groups in total. The van der Waals surface area contributed by atoms with Crippen LogP contribution in [0.4, 0.5) is 0 Å². The van der Waals surface area contributed by atoms with Gasteiger partial charge in [0.15, 0.2) is 5.78 Å². The zero-order valence-electron chi connectivity index (χ0n) is 13.9. The highest BCUT2D eigenvalue weighted by molar-refractivity contribution is 6.11. The molecular formula is C22H18O3. The molecule has 0 unspecified atom stereocenters. The Morgan fingerprint density at radius 1 is 0.920 bits per heavy atom. The van der Waals surface area contributed by atoms with E-state index in [4.69, 9.17) is 0 Å². The van der Waals surface area contributed by atoms with Crippen molar-refractivity contribution in [2.75, 3.05) is 7.11 Å². The highest BCUT2D eigenvalue weighted by Crippen LogP contribution is 2.21. The molecule has 3 nitrogen and oxygen atoms in total. The van der Waals surface area contributed by atoms with Gasteiger partial charge in [0.1, 0.15) is 0 Å². The predicted octanol–water partition coefficient (Wildman–Crippen LogP) is 4.63. The van der Waals surface area contributed by atoms with Gasteiger partial charge in [0.2, 0.25) is 0 Å². The second-order valence-electron chi connectivity index (χ2n) is 5.72. The number of allylic oxidation sites excluding steroid dienone is 5. The van der Waals surface area contributed by atoms with Crippen molar-refractivity contribution in [1.82, 2.24) is 0 Å². The zero-order valence-corrected chi connectivity index (χ0v) is 13.9. The van der Waals surface area contributed by atoms with Crippen LogP contribution < -0.4 is 0 Å². The Kier molecular flexibility index (Phi) is 5.05. The third-order valence-electron chi connectivity index (χ3n) is 4.02. The summed E-state index contributed by atoms with van der Waals surface area (Å²) < 4.78 is 4.66. The van der Waals surface area contributed by atoms with Crippen LogP contribution in [0.3, 0.4) is 0 Å². The average molecular weight is 330 g/mol. The first-order valence-corrected chi connectivity index (χ1v) is 8.04. The fraction of sp³-hybridized carbons (Fsp3) is 0.0909. The van der Waals surface area contributed by atoms with Crippen molar-refractivity contribution in [3.8, 4) is 0 Å². The van der Waals surface area contributed by atoms with Crippen LogP contribution in [0.1, 0.15) is 32.7 Å². The van der Waals surface area contributed by atoms with Crippen LogP contribution in [0, 0.1) is 0 Å². The molecule has 0 saturated carbocycles. The van der Waals surface area contributed by atoms with Crippen molar-refractivity contribution in [2.45, 2.75) is 6.42 Å². The normalized spacial score (nSPS) is 14.9. The molecule has 0 bridgehead atoms. The van der Waals surface area contributed by atoms with Gasteiger partial charge in [-0.15, -0.1) is 0 Å². The number of ketones is 1. The maximum absolute atomic E-state index is 12.6. The zero-order chi connectivity index (χ0) is 17.6. The van der Waals surface area contributed by atoms with Crippen LogP contribution in [-0.4, -0.2) is 18.9 Å². The molecular weight excluding hydrogens is 312 g/mol. The number of Topliss-reactive ketones (excluding diaryl/α,β-unsaturated/α-hetero) is 1. The molecule has 3 heteroatoms. The van der Waals surface area contributed by atoms with E-state index in [-0.39, 0.29) is 5.78 Å². The van der Waals surface area contributed by atoms with E-state index in [1.54, 1.807) is 24.3 Å². The van der Waals surface area contributed by atoms with E-state index in [1.165, 1.54) is 7.11 Å². The maximum atomic E-state index is 12.6. The van der Waals surface area contributed by atoms with Gasteiger partial charge < -0.3 is 4.74 Å². The van der Waals surface area contributed by atoms with E-state index in [2.05, 4.69) is 10.8 Å². The Balaban J connectivity index is 1.71. The second kappa shape index (κ2) is 7.58. The van der Waals surface area contributed by atoms with E-state index in [1.807, 2.05) is 48.6 Å². The minimum atomic E-state index is -0.411. The van der Waals surface area contributed by atoms with Crippen LogP contribution >= 0.6 is 0 Å². The number of rotatable bonds is 4. The summed E-state index contributed by atoms with van der Waals surface area (Å²) in [6.45, 7) is 0. The quantitative estimate of drug-likeness (QED) is 0.606.